The first-order chi connectivity index (χ1) is 7.42. The topological polar surface area (TPSA) is 29.5 Å². The van der Waals surface area contributed by atoms with Crippen LogP contribution in [0.2, 0.25) is 0 Å². The molecule has 1 amide bonds. The molecule has 0 bridgehead atoms. The molecular formula is C13H25NO2. The molecule has 1 saturated heterocycles. The number of carbonyl (C=O) groups is 1. The molecule has 0 unspecified atom stereocenters. The lowest BCUT2D eigenvalue weighted by Gasteiger charge is -2.38. The molecule has 0 aromatic carbocycles. The third-order valence-corrected chi connectivity index (χ3v) is 2.03. The molecule has 3 nitrogen and oxygen atoms in total. The van der Waals surface area contributed by atoms with Gasteiger partial charge in [0.05, 0.1) is 0 Å². The zero-order valence-corrected chi connectivity index (χ0v) is 11.4. The minimum Gasteiger partial charge on any atom is -0.444 e. The van der Waals surface area contributed by atoms with Gasteiger partial charge in [0.15, 0.2) is 0 Å². The van der Waals surface area contributed by atoms with Crippen molar-refractivity contribution in [1.29, 1.82) is 0 Å². The fourth-order valence-electron chi connectivity index (χ4n) is 1.38. The van der Waals surface area contributed by atoms with Crippen molar-refractivity contribution in [2.24, 2.45) is 5.92 Å². The number of amides is 1. The number of likely N-dealkylation sites (tertiary alicyclic amines) is 1. The molecule has 1 heterocycles. The summed E-state index contributed by atoms with van der Waals surface area (Å²) in [5.74, 6) is 0.521. The maximum Gasteiger partial charge on any atom is 0.410 e. The molecule has 0 aromatic heterocycles. The summed E-state index contributed by atoms with van der Waals surface area (Å²) in [6.45, 7) is 13.2. The number of nitrogens with zero attached hydrogens (tertiary/aromatic N) is 1. The molecule has 0 spiro atoms. The Morgan fingerprint density at radius 2 is 1.81 bits per heavy atom. The van der Waals surface area contributed by atoms with Gasteiger partial charge in [0.2, 0.25) is 0 Å². The quantitative estimate of drug-likeness (QED) is 0.642. The van der Waals surface area contributed by atoms with Crippen molar-refractivity contribution < 1.29 is 9.53 Å². The number of carbonyl (C=O) groups excluding carboxylic acids is 1. The highest BCUT2D eigenvalue weighted by molar-refractivity contribution is 5.69. The maximum atomic E-state index is 11.5. The summed E-state index contributed by atoms with van der Waals surface area (Å²) in [6.07, 6.45) is 3.95. The van der Waals surface area contributed by atoms with Gasteiger partial charge in [-0.1, -0.05) is 26.0 Å². The van der Waals surface area contributed by atoms with Crippen LogP contribution in [0.25, 0.3) is 0 Å². The Labute approximate surface area is 99.5 Å². The summed E-state index contributed by atoms with van der Waals surface area (Å²) in [5, 5.41) is 0. The predicted molar refractivity (Wildman–Crippen MR) is 67.5 cm³/mol. The van der Waals surface area contributed by atoms with Crippen molar-refractivity contribution >= 4 is 6.09 Å². The zero-order chi connectivity index (χ0) is 12.8. The first-order valence-corrected chi connectivity index (χ1v) is 6.03. The van der Waals surface area contributed by atoms with E-state index >= 15 is 0 Å². The molecule has 94 valence electrons. The molecule has 0 aliphatic carbocycles. The van der Waals surface area contributed by atoms with Crippen LogP contribution >= 0.6 is 0 Å². The molecule has 1 aliphatic rings. The Bertz CT molecular complexity index is 235. The van der Waals surface area contributed by atoms with E-state index in [0.29, 0.717) is 5.92 Å². The molecule has 0 atom stereocenters. The van der Waals surface area contributed by atoms with E-state index in [2.05, 4.69) is 6.08 Å². The Morgan fingerprint density at radius 1 is 1.31 bits per heavy atom. The van der Waals surface area contributed by atoms with Gasteiger partial charge in [-0.2, -0.15) is 0 Å². The lowest BCUT2D eigenvalue weighted by molar-refractivity contribution is 0.00491. The molecular weight excluding hydrogens is 202 g/mol. The van der Waals surface area contributed by atoms with E-state index in [9.17, 15) is 4.79 Å². The molecule has 1 fully saturated rings. The van der Waals surface area contributed by atoms with E-state index in [0.717, 1.165) is 13.1 Å². The maximum absolute atomic E-state index is 11.5. The summed E-state index contributed by atoms with van der Waals surface area (Å²) in [7, 11) is 0. The number of ether oxygens (including phenoxy) is 1. The predicted octanol–water partition coefficient (Wildman–Crippen LogP) is 3.46. The van der Waals surface area contributed by atoms with E-state index < -0.39 is 0 Å². The summed E-state index contributed by atoms with van der Waals surface area (Å²) < 4.78 is 5.23. The summed E-state index contributed by atoms with van der Waals surface area (Å²) in [6, 6.07) is 0. The second kappa shape index (κ2) is 6.56. The van der Waals surface area contributed by atoms with Crippen LogP contribution in [0.5, 0.6) is 0 Å². The molecule has 16 heavy (non-hydrogen) atoms. The van der Waals surface area contributed by atoms with Crippen LogP contribution < -0.4 is 0 Å². The van der Waals surface area contributed by atoms with Gasteiger partial charge in [-0.05, 0) is 27.7 Å². The number of allylic oxidation sites excluding steroid dienone is 1. The van der Waals surface area contributed by atoms with Crippen LogP contribution in [0, 0.1) is 5.92 Å². The van der Waals surface area contributed by atoms with Gasteiger partial charge < -0.3 is 9.64 Å². The van der Waals surface area contributed by atoms with E-state index in [4.69, 9.17) is 4.74 Å². The fourth-order valence-corrected chi connectivity index (χ4v) is 1.38. The van der Waals surface area contributed by atoms with E-state index in [1.165, 1.54) is 0 Å². The van der Waals surface area contributed by atoms with Crippen LogP contribution in [0.3, 0.4) is 0 Å². The second-order valence-corrected chi connectivity index (χ2v) is 4.67. The largest absolute Gasteiger partial charge is 0.444 e. The van der Waals surface area contributed by atoms with Gasteiger partial charge in [-0.3, -0.25) is 0 Å². The Kier molecular flexibility index (Phi) is 6.16. The highest BCUT2D eigenvalue weighted by Gasteiger charge is 2.31. The van der Waals surface area contributed by atoms with Crippen molar-refractivity contribution in [3.63, 3.8) is 0 Å². The Hall–Kier alpha value is -0.990. The van der Waals surface area contributed by atoms with Gasteiger partial charge in [0.1, 0.15) is 5.60 Å². The first-order valence-electron chi connectivity index (χ1n) is 6.03. The summed E-state index contributed by atoms with van der Waals surface area (Å²) in [5.41, 5.74) is -0.386. The molecule has 1 rings (SSSR count). The first kappa shape index (κ1) is 15.0. The van der Waals surface area contributed by atoms with Crippen molar-refractivity contribution in [2.75, 3.05) is 13.1 Å². The second-order valence-electron chi connectivity index (χ2n) is 4.67. The number of hydrogen-bond donors (Lipinski definition) is 0. The normalized spacial score (nSPS) is 16.5. The minimum atomic E-state index is -0.386. The average Bonchev–Trinajstić information content (AvgIpc) is 2.10. The SMILES string of the molecule is C/C=C/C1CN(C(=O)OC(C)(C)C)C1.CC. The third kappa shape index (κ3) is 5.19. The molecule has 0 saturated carbocycles. The van der Waals surface area contributed by atoms with Crippen molar-refractivity contribution in [1.82, 2.24) is 4.90 Å². The minimum absolute atomic E-state index is 0.196. The van der Waals surface area contributed by atoms with Crippen LogP contribution in [0.4, 0.5) is 4.79 Å². The van der Waals surface area contributed by atoms with Crippen molar-refractivity contribution in [3.05, 3.63) is 12.2 Å². The van der Waals surface area contributed by atoms with Crippen LogP contribution in [-0.2, 0) is 4.74 Å². The molecule has 1 aliphatic heterocycles. The monoisotopic (exact) mass is 227 g/mol. The van der Waals surface area contributed by atoms with Gasteiger partial charge in [-0.15, -0.1) is 0 Å². The standard InChI is InChI=1S/C11H19NO2.C2H6/c1-5-6-9-7-12(8-9)10(13)14-11(2,3)4;1-2/h5-6,9H,7-8H2,1-4H3;1-2H3/b6-5+;. The molecule has 3 heteroatoms. The molecule has 0 radical (unpaired) electrons. The molecule has 0 N–H and O–H groups in total. The number of rotatable bonds is 1. The van der Waals surface area contributed by atoms with Gasteiger partial charge >= 0.3 is 6.09 Å². The van der Waals surface area contributed by atoms with Gasteiger partial charge in [0, 0.05) is 19.0 Å². The third-order valence-electron chi connectivity index (χ3n) is 2.03. The zero-order valence-electron chi connectivity index (χ0n) is 11.4. The Morgan fingerprint density at radius 3 is 2.19 bits per heavy atom. The lowest BCUT2D eigenvalue weighted by Crippen LogP contribution is -2.50. The van der Waals surface area contributed by atoms with E-state index in [1.54, 1.807) is 4.90 Å². The smallest absolute Gasteiger partial charge is 0.410 e. The summed E-state index contributed by atoms with van der Waals surface area (Å²) in [4.78, 5) is 13.2. The Balaban J connectivity index is 0.00000106. The van der Waals surface area contributed by atoms with Crippen LogP contribution in [0.15, 0.2) is 12.2 Å². The van der Waals surface area contributed by atoms with E-state index in [-0.39, 0.29) is 11.7 Å². The van der Waals surface area contributed by atoms with E-state index in [1.807, 2.05) is 47.6 Å². The van der Waals surface area contributed by atoms with Crippen LogP contribution in [0.1, 0.15) is 41.5 Å². The van der Waals surface area contributed by atoms with Crippen molar-refractivity contribution in [3.8, 4) is 0 Å². The highest BCUT2D eigenvalue weighted by Crippen LogP contribution is 2.20. The lowest BCUT2D eigenvalue weighted by atomic mass is 10.0. The van der Waals surface area contributed by atoms with Crippen LogP contribution in [-0.4, -0.2) is 29.7 Å². The van der Waals surface area contributed by atoms with Gasteiger partial charge in [-0.25, -0.2) is 4.79 Å². The molecule has 0 aromatic rings. The number of hydrogen-bond acceptors (Lipinski definition) is 2. The summed E-state index contributed by atoms with van der Waals surface area (Å²) >= 11 is 0. The van der Waals surface area contributed by atoms with Crippen molar-refractivity contribution in [2.45, 2.75) is 47.1 Å². The fraction of sp³-hybridized carbons (Fsp3) is 0.769. The average molecular weight is 227 g/mol. The van der Waals surface area contributed by atoms with Gasteiger partial charge in [0.25, 0.3) is 0 Å². The highest BCUT2D eigenvalue weighted by atomic mass is 16.6.